The molecule has 2 heterocycles. The van der Waals surface area contributed by atoms with Crippen LogP contribution in [0.2, 0.25) is 0 Å². The maximum absolute atomic E-state index is 12.1. The molecule has 0 saturated carbocycles. The molecule has 1 aliphatic rings. The normalized spacial score (nSPS) is 20.7. The van der Waals surface area contributed by atoms with Gasteiger partial charge >= 0.3 is 0 Å². The summed E-state index contributed by atoms with van der Waals surface area (Å²) in [5.74, 6) is 0.799. The van der Waals surface area contributed by atoms with Gasteiger partial charge in [0.2, 0.25) is 5.91 Å². The molecule has 98 valence electrons. The first-order chi connectivity index (χ1) is 8.66. The first kappa shape index (κ1) is 13.0. The number of hydrogen-bond donors (Lipinski definition) is 1. The molecule has 5 heteroatoms. The molecule has 18 heavy (non-hydrogen) atoms. The van der Waals surface area contributed by atoms with Crippen molar-refractivity contribution in [3.8, 4) is 0 Å². The van der Waals surface area contributed by atoms with Crippen LogP contribution in [0.1, 0.15) is 6.42 Å². The smallest absolute Gasteiger partial charge is 0.229 e. The molecule has 1 N–H and O–H groups in total. The first-order valence-corrected chi connectivity index (χ1v) is 6.26. The van der Waals surface area contributed by atoms with E-state index in [1.165, 1.54) is 0 Å². The summed E-state index contributed by atoms with van der Waals surface area (Å²) in [6, 6.07) is 5.82. The van der Waals surface area contributed by atoms with Crippen molar-refractivity contribution in [3.05, 3.63) is 24.4 Å². The molecular formula is C13H20N4O. The van der Waals surface area contributed by atoms with Gasteiger partial charge in [0, 0.05) is 45.3 Å². The van der Waals surface area contributed by atoms with Crippen molar-refractivity contribution in [2.24, 2.45) is 0 Å². The number of pyridine rings is 1. The van der Waals surface area contributed by atoms with Crippen molar-refractivity contribution in [1.29, 1.82) is 0 Å². The molecule has 0 bridgehead atoms. The molecule has 1 amide bonds. The van der Waals surface area contributed by atoms with Crippen LogP contribution >= 0.6 is 0 Å². The van der Waals surface area contributed by atoms with E-state index in [2.05, 4.69) is 22.2 Å². The highest BCUT2D eigenvalue weighted by atomic mass is 16.2. The molecule has 1 saturated heterocycles. The summed E-state index contributed by atoms with van der Waals surface area (Å²) in [4.78, 5) is 20.2. The zero-order chi connectivity index (χ0) is 13.0. The number of likely N-dealkylation sites (N-methyl/N-ethyl adjacent to an activating group) is 1. The number of rotatable bonds is 3. The number of amides is 1. The standard InChI is InChI=1S/C13H20N4O/c1-16-8-7-14-11(10-16)9-13(18)17(2)12-5-3-4-6-15-12/h3-6,11,14H,7-10H2,1-2H3. The third-order valence-corrected chi connectivity index (χ3v) is 3.25. The zero-order valence-electron chi connectivity index (χ0n) is 11.0. The number of carbonyl (C=O) groups excluding carboxylic acids is 1. The second-order valence-electron chi connectivity index (χ2n) is 4.76. The van der Waals surface area contributed by atoms with Gasteiger partial charge in [0.1, 0.15) is 5.82 Å². The third kappa shape index (κ3) is 3.27. The van der Waals surface area contributed by atoms with Crippen LogP contribution < -0.4 is 10.2 Å². The van der Waals surface area contributed by atoms with Crippen LogP contribution in [0, 0.1) is 0 Å². The SMILES string of the molecule is CN1CCNC(CC(=O)N(C)c2ccccn2)C1. The summed E-state index contributed by atoms with van der Waals surface area (Å²) in [5, 5.41) is 3.38. The van der Waals surface area contributed by atoms with Gasteiger partial charge in [-0.1, -0.05) is 6.07 Å². The quantitative estimate of drug-likeness (QED) is 0.838. The average molecular weight is 248 g/mol. The van der Waals surface area contributed by atoms with Crippen molar-refractivity contribution in [1.82, 2.24) is 15.2 Å². The lowest BCUT2D eigenvalue weighted by molar-refractivity contribution is -0.119. The fourth-order valence-corrected chi connectivity index (χ4v) is 2.16. The van der Waals surface area contributed by atoms with Gasteiger partial charge in [0.15, 0.2) is 0 Å². The summed E-state index contributed by atoms with van der Waals surface area (Å²) < 4.78 is 0. The topological polar surface area (TPSA) is 48.5 Å². The molecule has 0 radical (unpaired) electrons. The van der Waals surface area contributed by atoms with E-state index in [0.717, 1.165) is 19.6 Å². The lowest BCUT2D eigenvalue weighted by atomic mass is 10.1. The van der Waals surface area contributed by atoms with Crippen LogP contribution in [-0.2, 0) is 4.79 Å². The van der Waals surface area contributed by atoms with Crippen LogP contribution in [0.25, 0.3) is 0 Å². The lowest BCUT2D eigenvalue weighted by Gasteiger charge is -2.31. The fourth-order valence-electron chi connectivity index (χ4n) is 2.16. The Labute approximate surface area is 108 Å². The Kier molecular flexibility index (Phi) is 4.28. The predicted octanol–water partition coefficient (Wildman–Crippen LogP) is 0.338. The van der Waals surface area contributed by atoms with E-state index in [1.807, 2.05) is 18.2 Å². The fraction of sp³-hybridized carbons (Fsp3) is 0.538. The Morgan fingerprint density at radius 2 is 2.44 bits per heavy atom. The Balaban J connectivity index is 1.91. The third-order valence-electron chi connectivity index (χ3n) is 3.25. The Morgan fingerprint density at radius 1 is 1.61 bits per heavy atom. The lowest BCUT2D eigenvalue weighted by Crippen LogP contribution is -2.50. The molecular weight excluding hydrogens is 228 g/mol. The van der Waals surface area contributed by atoms with Crippen molar-refractivity contribution < 1.29 is 4.79 Å². The zero-order valence-corrected chi connectivity index (χ0v) is 11.0. The minimum absolute atomic E-state index is 0.0986. The highest BCUT2D eigenvalue weighted by molar-refractivity contribution is 5.92. The number of nitrogens with one attached hydrogen (secondary N) is 1. The van der Waals surface area contributed by atoms with Gasteiger partial charge < -0.3 is 10.2 Å². The van der Waals surface area contributed by atoms with Gasteiger partial charge in [-0.15, -0.1) is 0 Å². The van der Waals surface area contributed by atoms with Crippen molar-refractivity contribution in [3.63, 3.8) is 0 Å². The summed E-state index contributed by atoms with van der Waals surface area (Å²) in [5.41, 5.74) is 0. The molecule has 1 atom stereocenters. The Hall–Kier alpha value is -1.46. The van der Waals surface area contributed by atoms with Gasteiger partial charge in [0.25, 0.3) is 0 Å². The van der Waals surface area contributed by atoms with Gasteiger partial charge in [-0.3, -0.25) is 9.69 Å². The summed E-state index contributed by atoms with van der Waals surface area (Å²) in [6.45, 7) is 2.91. The minimum atomic E-state index is 0.0986. The molecule has 1 fully saturated rings. The molecule has 0 spiro atoms. The van der Waals surface area contributed by atoms with Crippen molar-refractivity contribution >= 4 is 11.7 Å². The molecule has 0 aliphatic carbocycles. The predicted molar refractivity (Wildman–Crippen MR) is 71.6 cm³/mol. The van der Waals surface area contributed by atoms with Crippen molar-refractivity contribution in [2.45, 2.75) is 12.5 Å². The molecule has 2 rings (SSSR count). The number of carbonyl (C=O) groups is 1. The molecule has 1 aromatic rings. The first-order valence-electron chi connectivity index (χ1n) is 6.26. The molecule has 1 aliphatic heterocycles. The Morgan fingerprint density at radius 3 is 3.11 bits per heavy atom. The maximum atomic E-state index is 12.1. The summed E-state index contributed by atoms with van der Waals surface area (Å²) in [6.07, 6.45) is 2.21. The van der Waals surface area contributed by atoms with E-state index in [4.69, 9.17) is 0 Å². The van der Waals surface area contributed by atoms with Crippen LogP contribution in [0.5, 0.6) is 0 Å². The Bertz CT molecular complexity index is 395. The summed E-state index contributed by atoms with van der Waals surface area (Å²) >= 11 is 0. The largest absolute Gasteiger partial charge is 0.311 e. The maximum Gasteiger partial charge on any atom is 0.229 e. The van der Waals surface area contributed by atoms with Gasteiger partial charge in [0.05, 0.1) is 0 Å². The van der Waals surface area contributed by atoms with Crippen LogP contribution in [0.3, 0.4) is 0 Å². The second kappa shape index (κ2) is 5.93. The molecule has 1 unspecified atom stereocenters. The monoisotopic (exact) mass is 248 g/mol. The van der Waals surface area contributed by atoms with E-state index >= 15 is 0 Å². The van der Waals surface area contributed by atoms with Crippen LogP contribution in [0.4, 0.5) is 5.82 Å². The van der Waals surface area contributed by atoms with Crippen LogP contribution in [0.15, 0.2) is 24.4 Å². The minimum Gasteiger partial charge on any atom is -0.311 e. The summed E-state index contributed by atoms with van der Waals surface area (Å²) in [7, 11) is 3.86. The van der Waals surface area contributed by atoms with E-state index < -0.39 is 0 Å². The average Bonchev–Trinajstić information content (AvgIpc) is 2.39. The number of aromatic nitrogens is 1. The molecule has 5 nitrogen and oxygen atoms in total. The highest BCUT2D eigenvalue weighted by Gasteiger charge is 2.21. The number of piperazine rings is 1. The van der Waals surface area contributed by atoms with Gasteiger partial charge in [-0.25, -0.2) is 4.98 Å². The van der Waals surface area contributed by atoms with Gasteiger partial charge in [-0.2, -0.15) is 0 Å². The van der Waals surface area contributed by atoms with Crippen molar-refractivity contribution in [2.75, 3.05) is 38.6 Å². The van der Waals surface area contributed by atoms with Gasteiger partial charge in [-0.05, 0) is 19.2 Å². The van der Waals surface area contributed by atoms with E-state index in [9.17, 15) is 4.79 Å². The second-order valence-corrected chi connectivity index (χ2v) is 4.76. The van der Waals surface area contributed by atoms with E-state index in [1.54, 1.807) is 18.1 Å². The van der Waals surface area contributed by atoms with Crippen LogP contribution in [-0.4, -0.2) is 55.6 Å². The molecule has 1 aromatic heterocycles. The number of anilines is 1. The number of nitrogens with zero attached hydrogens (tertiary/aromatic N) is 3. The van der Waals surface area contributed by atoms with E-state index in [0.29, 0.717) is 12.2 Å². The molecule has 0 aromatic carbocycles. The van der Waals surface area contributed by atoms with E-state index in [-0.39, 0.29) is 11.9 Å². The highest BCUT2D eigenvalue weighted by Crippen LogP contribution is 2.10. The number of hydrogen-bond acceptors (Lipinski definition) is 4.